The van der Waals surface area contributed by atoms with Gasteiger partial charge in [-0.25, -0.2) is 9.37 Å². The first kappa shape index (κ1) is 21.0. The molecule has 0 atom stereocenters. The Labute approximate surface area is 183 Å². The van der Waals surface area contributed by atoms with Gasteiger partial charge in [0.2, 0.25) is 0 Å². The molecule has 0 bridgehead atoms. The van der Waals surface area contributed by atoms with Crippen LogP contribution in [0, 0.1) is 5.82 Å². The van der Waals surface area contributed by atoms with E-state index in [1.807, 2.05) is 0 Å². The van der Waals surface area contributed by atoms with Crippen molar-refractivity contribution in [3.63, 3.8) is 0 Å². The van der Waals surface area contributed by atoms with Crippen molar-refractivity contribution in [2.45, 2.75) is 25.4 Å². The smallest absolute Gasteiger partial charge is 0.256 e. The summed E-state index contributed by atoms with van der Waals surface area (Å²) >= 11 is 1.22. The number of hydrogen-bond acceptors (Lipinski definition) is 8. The van der Waals surface area contributed by atoms with E-state index in [4.69, 9.17) is 15.2 Å². The van der Waals surface area contributed by atoms with Crippen LogP contribution in [0.2, 0.25) is 0 Å². The number of benzene rings is 1. The minimum Gasteiger partial charge on any atom is -0.496 e. The van der Waals surface area contributed by atoms with E-state index in [1.54, 1.807) is 35.7 Å². The predicted octanol–water partition coefficient (Wildman–Crippen LogP) is 3.26. The lowest BCUT2D eigenvalue weighted by Gasteiger charge is -2.32. The molecule has 0 radical (unpaired) electrons. The number of anilines is 1. The molecule has 0 aliphatic carbocycles. The summed E-state index contributed by atoms with van der Waals surface area (Å²) in [4.78, 5) is 18.7. The molecular formula is C21H22FN5O3S. The number of amides is 1. The molecule has 1 aliphatic heterocycles. The lowest BCUT2D eigenvalue weighted by molar-refractivity contribution is 0.0707. The molecular weight excluding hydrogens is 421 g/mol. The zero-order chi connectivity index (χ0) is 21.8. The molecule has 4 rings (SSSR count). The van der Waals surface area contributed by atoms with Gasteiger partial charge in [-0.05, 0) is 42.4 Å². The SMILES string of the molecule is COc1cc(N)ncc1C1CCN(C(=O)c2ccc(OCc3csnn3)cc2F)CC1. The van der Waals surface area contributed by atoms with Crippen LogP contribution >= 0.6 is 11.5 Å². The van der Waals surface area contributed by atoms with E-state index in [0.717, 1.165) is 18.4 Å². The van der Waals surface area contributed by atoms with Crippen molar-refractivity contribution in [1.29, 1.82) is 0 Å². The summed E-state index contributed by atoms with van der Waals surface area (Å²) in [6, 6.07) is 5.99. The summed E-state index contributed by atoms with van der Waals surface area (Å²) < 4.78 is 29.3. The van der Waals surface area contributed by atoms with Gasteiger partial charge in [-0.3, -0.25) is 4.79 Å². The Hall–Kier alpha value is -3.27. The number of nitrogen functional groups attached to an aromatic ring is 1. The molecule has 0 unspecified atom stereocenters. The van der Waals surface area contributed by atoms with Crippen LogP contribution in [0.4, 0.5) is 10.2 Å². The van der Waals surface area contributed by atoms with Crippen molar-refractivity contribution in [3.05, 3.63) is 58.5 Å². The van der Waals surface area contributed by atoms with E-state index >= 15 is 0 Å². The summed E-state index contributed by atoms with van der Waals surface area (Å²) in [5.74, 6) is 0.711. The highest BCUT2D eigenvalue weighted by atomic mass is 32.1. The summed E-state index contributed by atoms with van der Waals surface area (Å²) in [7, 11) is 1.60. The number of ether oxygens (including phenoxy) is 2. The van der Waals surface area contributed by atoms with Crippen LogP contribution in [0.15, 0.2) is 35.8 Å². The van der Waals surface area contributed by atoms with Gasteiger partial charge in [-0.2, -0.15) is 0 Å². The second-order valence-electron chi connectivity index (χ2n) is 7.24. The van der Waals surface area contributed by atoms with Crippen LogP contribution in [0.3, 0.4) is 0 Å². The van der Waals surface area contributed by atoms with Crippen LogP contribution < -0.4 is 15.2 Å². The fraction of sp³-hybridized carbons (Fsp3) is 0.333. The number of likely N-dealkylation sites (tertiary alicyclic amines) is 1. The van der Waals surface area contributed by atoms with Crippen LogP contribution in [-0.2, 0) is 6.61 Å². The molecule has 3 aromatic rings. The number of halogens is 1. The molecule has 31 heavy (non-hydrogen) atoms. The standard InChI is InChI=1S/C21H22FN5O3S/c1-29-19-9-20(23)24-10-17(19)13-4-6-27(7-5-13)21(28)16-3-2-15(8-18(16)22)30-11-14-12-31-26-25-14/h2-3,8-10,12-13H,4-7,11H2,1H3,(H2,23,24). The number of carbonyl (C=O) groups is 1. The highest BCUT2D eigenvalue weighted by Gasteiger charge is 2.28. The van der Waals surface area contributed by atoms with Crippen molar-refractivity contribution in [2.75, 3.05) is 25.9 Å². The molecule has 2 N–H and O–H groups in total. The van der Waals surface area contributed by atoms with Gasteiger partial charge >= 0.3 is 0 Å². The molecule has 10 heteroatoms. The Morgan fingerprint density at radius 3 is 2.81 bits per heavy atom. The van der Waals surface area contributed by atoms with Gasteiger partial charge in [0.25, 0.3) is 5.91 Å². The number of nitrogens with zero attached hydrogens (tertiary/aromatic N) is 4. The van der Waals surface area contributed by atoms with Crippen LogP contribution in [0.1, 0.15) is 40.4 Å². The second kappa shape index (κ2) is 9.25. The Bertz CT molecular complexity index is 1060. The third kappa shape index (κ3) is 4.74. The van der Waals surface area contributed by atoms with Crippen molar-refractivity contribution >= 4 is 23.3 Å². The third-order valence-electron chi connectivity index (χ3n) is 5.32. The molecule has 1 amide bonds. The number of aromatic nitrogens is 3. The van der Waals surface area contributed by atoms with Gasteiger partial charge in [0.15, 0.2) is 0 Å². The molecule has 1 aliphatic rings. The maximum atomic E-state index is 14.6. The van der Waals surface area contributed by atoms with Crippen molar-refractivity contribution in [3.8, 4) is 11.5 Å². The van der Waals surface area contributed by atoms with Gasteiger partial charge in [0.1, 0.15) is 35.4 Å². The molecule has 2 aromatic heterocycles. The zero-order valence-corrected chi connectivity index (χ0v) is 17.8. The summed E-state index contributed by atoms with van der Waals surface area (Å²) in [5, 5.41) is 5.63. The number of pyridine rings is 1. The molecule has 1 saturated heterocycles. The van der Waals surface area contributed by atoms with Crippen LogP contribution in [0.5, 0.6) is 11.5 Å². The van der Waals surface area contributed by atoms with Gasteiger partial charge in [0, 0.05) is 42.4 Å². The average Bonchev–Trinajstić information content (AvgIpc) is 3.31. The van der Waals surface area contributed by atoms with Gasteiger partial charge in [-0.1, -0.05) is 4.49 Å². The maximum absolute atomic E-state index is 14.6. The molecule has 1 fully saturated rings. The van der Waals surface area contributed by atoms with Crippen molar-refractivity contribution < 1.29 is 18.7 Å². The van der Waals surface area contributed by atoms with E-state index in [-0.39, 0.29) is 24.0 Å². The maximum Gasteiger partial charge on any atom is 0.256 e. The molecule has 162 valence electrons. The molecule has 8 nitrogen and oxygen atoms in total. The van der Waals surface area contributed by atoms with E-state index < -0.39 is 5.82 Å². The number of piperidine rings is 1. The van der Waals surface area contributed by atoms with Crippen molar-refractivity contribution in [2.24, 2.45) is 0 Å². The first-order valence-electron chi connectivity index (χ1n) is 9.82. The largest absolute Gasteiger partial charge is 0.496 e. The fourth-order valence-electron chi connectivity index (χ4n) is 3.67. The number of hydrogen-bond donors (Lipinski definition) is 1. The third-order valence-corrected chi connectivity index (χ3v) is 5.87. The van der Waals surface area contributed by atoms with E-state index in [1.165, 1.54) is 23.7 Å². The number of carbonyl (C=O) groups excluding carboxylic acids is 1. The zero-order valence-electron chi connectivity index (χ0n) is 17.0. The van der Waals surface area contributed by atoms with Gasteiger partial charge in [-0.15, -0.1) is 5.10 Å². The molecule has 0 saturated carbocycles. The van der Waals surface area contributed by atoms with Crippen LogP contribution in [-0.4, -0.2) is 45.6 Å². The number of nitrogens with two attached hydrogens (primary N) is 1. The minimum absolute atomic E-state index is 0.0351. The summed E-state index contributed by atoms with van der Waals surface area (Å²) in [6.45, 7) is 1.23. The van der Waals surface area contributed by atoms with Gasteiger partial charge in [0.05, 0.1) is 12.7 Å². The average molecular weight is 444 g/mol. The van der Waals surface area contributed by atoms with Crippen LogP contribution in [0.25, 0.3) is 0 Å². The van der Waals surface area contributed by atoms with E-state index in [9.17, 15) is 9.18 Å². The van der Waals surface area contributed by atoms with E-state index in [2.05, 4.69) is 14.6 Å². The normalized spacial score (nSPS) is 14.5. The monoisotopic (exact) mass is 443 g/mol. The van der Waals surface area contributed by atoms with Gasteiger partial charge < -0.3 is 20.1 Å². The summed E-state index contributed by atoms with van der Waals surface area (Å²) in [6.07, 6.45) is 3.20. The summed E-state index contributed by atoms with van der Waals surface area (Å²) in [5.41, 5.74) is 7.41. The number of methoxy groups -OCH3 is 1. The highest BCUT2D eigenvalue weighted by Crippen LogP contribution is 2.35. The highest BCUT2D eigenvalue weighted by molar-refractivity contribution is 7.03. The first-order valence-corrected chi connectivity index (χ1v) is 10.7. The Morgan fingerprint density at radius 1 is 1.32 bits per heavy atom. The number of rotatable bonds is 6. The Kier molecular flexibility index (Phi) is 6.26. The molecule has 3 heterocycles. The Morgan fingerprint density at radius 2 is 2.13 bits per heavy atom. The van der Waals surface area contributed by atoms with Crippen molar-refractivity contribution in [1.82, 2.24) is 19.5 Å². The first-order chi connectivity index (χ1) is 15.0. The topological polar surface area (TPSA) is 103 Å². The van der Waals surface area contributed by atoms with E-state index in [0.29, 0.717) is 36.1 Å². The Balaban J connectivity index is 1.38. The lowest BCUT2D eigenvalue weighted by Crippen LogP contribution is -2.38. The second-order valence-corrected chi connectivity index (χ2v) is 7.85. The molecule has 1 aromatic carbocycles. The molecule has 0 spiro atoms. The quantitative estimate of drug-likeness (QED) is 0.624. The fourth-order valence-corrected chi connectivity index (χ4v) is 4.11. The minimum atomic E-state index is -0.606. The lowest BCUT2D eigenvalue weighted by atomic mass is 9.89. The predicted molar refractivity (Wildman–Crippen MR) is 114 cm³/mol.